The second-order valence-corrected chi connectivity index (χ2v) is 0.524. The van der Waals surface area contributed by atoms with Crippen molar-refractivity contribution in [3.63, 3.8) is 0 Å². The van der Waals surface area contributed by atoms with Crippen molar-refractivity contribution >= 4 is 6.72 Å². The Labute approximate surface area is 31.0 Å². The van der Waals surface area contributed by atoms with Crippen molar-refractivity contribution in [2.24, 2.45) is 10.7 Å². The third-order valence-electron chi connectivity index (χ3n) is 0.191. The molecular weight excluding hydrogens is 64.0 g/mol. The summed E-state index contributed by atoms with van der Waals surface area (Å²) in [7, 11) is 0. The number of nitrogens with two attached hydrogens (primary N) is 1. The number of nitrogens with zero attached hydrogens (tertiary/aromatic N) is 1. The summed E-state index contributed by atoms with van der Waals surface area (Å²) in [6.45, 7) is 3.13. The van der Waals surface area contributed by atoms with Gasteiger partial charge in [-0.05, 0) is 6.72 Å². The lowest BCUT2D eigenvalue weighted by Gasteiger charge is -1.60. The van der Waals surface area contributed by atoms with Crippen LogP contribution < -0.4 is 5.73 Å². The Kier molecular flexibility index (Phi) is 2.70. The number of rotatable bonds is 1. The molecule has 0 saturated carbocycles. The van der Waals surface area contributed by atoms with Gasteiger partial charge in [-0.15, -0.1) is 0 Å². The molecule has 2 nitrogen and oxygen atoms in total. The molecule has 5 heavy (non-hydrogen) atoms. The molecule has 2 heteroatoms. The molecule has 0 radical (unpaired) electrons. The van der Waals surface area contributed by atoms with E-state index in [2.05, 4.69) is 11.7 Å². The summed E-state index contributed by atoms with van der Waals surface area (Å²) in [6.07, 6.45) is 2.74. The Morgan fingerprint density at radius 3 is 2.40 bits per heavy atom. The van der Waals surface area contributed by atoms with Crippen LogP contribution in [0.5, 0.6) is 0 Å². The van der Waals surface area contributed by atoms with Gasteiger partial charge in [0.25, 0.3) is 0 Å². The highest BCUT2D eigenvalue weighted by Crippen LogP contribution is 1.56. The monoisotopic (exact) mass is 70.1 g/mol. The third kappa shape index (κ3) is 3.21. The van der Waals surface area contributed by atoms with Gasteiger partial charge in [0.1, 0.15) is 0 Å². The first-order valence-electron chi connectivity index (χ1n) is 1.24. The summed E-state index contributed by atoms with van der Waals surface area (Å²) in [5.41, 5.74) is 4.82. The topological polar surface area (TPSA) is 38.4 Å². The third-order valence-corrected chi connectivity index (χ3v) is 0.191. The molecule has 0 heterocycles. The maximum atomic E-state index is 4.82. The molecule has 0 aliphatic rings. The van der Waals surface area contributed by atoms with Crippen molar-refractivity contribution in [1.82, 2.24) is 0 Å². The van der Waals surface area contributed by atoms with E-state index in [0.717, 1.165) is 0 Å². The van der Waals surface area contributed by atoms with Crippen LogP contribution in [0.2, 0.25) is 0 Å². The normalized spacial score (nSPS) is 8.80. The van der Waals surface area contributed by atoms with Gasteiger partial charge in [-0.3, -0.25) is 4.99 Å². The zero-order valence-corrected chi connectivity index (χ0v) is 2.89. The van der Waals surface area contributed by atoms with Gasteiger partial charge in [0.05, 0.1) is 0 Å². The van der Waals surface area contributed by atoms with Gasteiger partial charge in [0.2, 0.25) is 0 Å². The van der Waals surface area contributed by atoms with Crippen molar-refractivity contribution in [3.8, 4) is 0 Å². The van der Waals surface area contributed by atoms with Gasteiger partial charge in [-0.2, -0.15) is 0 Å². The molecule has 0 aliphatic heterocycles. The van der Waals surface area contributed by atoms with Gasteiger partial charge in [-0.25, -0.2) is 0 Å². The average Bonchev–Trinajstić information content (AvgIpc) is 1.41. The van der Waals surface area contributed by atoms with Crippen LogP contribution >= 0.6 is 0 Å². The summed E-state index contributed by atoms with van der Waals surface area (Å²) in [6, 6.07) is 0. The van der Waals surface area contributed by atoms with E-state index in [-0.39, 0.29) is 0 Å². The lowest BCUT2D eigenvalue weighted by atomic mass is 10.9. The number of aliphatic imine (C=N–C) groups is 1. The fourth-order valence-corrected chi connectivity index (χ4v) is 0.0609. The molecule has 0 aromatic heterocycles. The van der Waals surface area contributed by atoms with Crippen LogP contribution in [0.4, 0.5) is 0 Å². The van der Waals surface area contributed by atoms with E-state index in [1.54, 1.807) is 0 Å². The standard InChI is InChI=1S/C3H6N2/c1-5-3-2-4/h2-3H,1,4H2/b3-2+. The van der Waals surface area contributed by atoms with E-state index >= 15 is 0 Å². The summed E-state index contributed by atoms with van der Waals surface area (Å²) < 4.78 is 0. The largest absolute Gasteiger partial charge is 0.403 e. The minimum Gasteiger partial charge on any atom is -0.403 e. The smallest absolute Gasteiger partial charge is 0.0415 e. The summed E-state index contributed by atoms with van der Waals surface area (Å²) in [5, 5.41) is 0. The van der Waals surface area contributed by atoms with Gasteiger partial charge in [-0.1, -0.05) is 0 Å². The molecule has 0 aliphatic carbocycles. The van der Waals surface area contributed by atoms with Crippen molar-refractivity contribution in [1.29, 1.82) is 0 Å². The van der Waals surface area contributed by atoms with E-state index in [4.69, 9.17) is 5.73 Å². The van der Waals surface area contributed by atoms with Crippen LogP contribution in [-0.2, 0) is 0 Å². The van der Waals surface area contributed by atoms with Crippen LogP contribution in [0, 0.1) is 0 Å². The van der Waals surface area contributed by atoms with Gasteiger partial charge in [0, 0.05) is 12.4 Å². The Bertz CT molecular complexity index is 46.9. The molecule has 0 fully saturated rings. The molecule has 0 atom stereocenters. The molecule has 0 unspecified atom stereocenters. The molecule has 0 bridgehead atoms. The Hall–Kier alpha value is -0.790. The van der Waals surface area contributed by atoms with Crippen molar-refractivity contribution in [2.75, 3.05) is 0 Å². The summed E-state index contributed by atoms with van der Waals surface area (Å²) in [5.74, 6) is 0. The molecular formula is C3H6N2. The highest BCUT2D eigenvalue weighted by molar-refractivity contribution is 5.25. The first-order valence-corrected chi connectivity index (χ1v) is 1.24. The molecule has 0 aromatic carbocycles. The number of hydrogen-bond donors (Lipinski definition) is 1. The van der Waals surface area contributed by atoms with Gasteiger partial charge < -0.3 is 5.73 Å². The van der Waals surface area contributed by atoms with Crippen LogP contribution in [0.1, 0.15) is 0 Å². The Morgan fingerprint density at radius 2 is 2.40 bits per heavy atom. The quantitative estimate of drug-likeness (QED) is 0.437. The number of hydrogen-bond acceptors (Lipinski definition) is 2. The van der Waals surface area contributed by atoms with Crippen molar-refractivity contribution < 1.29 is 0 Å². The molecule has 0 saturated heterocycles. The predicted molar refractivity (Wildman–Crippen MR) is 22.9 cm³/mol. The van der Waals surface area contributed by atoms with Crippen molar-refractivity contribution in [3.05, 3.63) is 12.4 Å². The molecule has 0 rings (SSSR count). The molecule has 28 valence electrons. The minimum absolute atomic E-state index is 1.33. The maximum Gasteiger partial charge on any atom is 0.0415 e. The van der Waals surface area contributed by atoms with Crippen LogP contribution in [0.15, 0.2) is 17.4 Å². The second-order valence-electron chi connectivity index (χ2n) is 0.524. The van der Waals surface area contributed by atoms with Gasteiger partial charge in [0.15, 0.2) is 0 Å². The van der Waals surface area contributed by atoms with E-state index < -0.39 is 0 Å². The zero-order valence-electron chi connectivity index (χ0n) is 2.89. The van der Waals surface area contributed by atoms with E-state index in [1.807, 2.05) is 0 Å². The molecule has 0 spiro atoms. The molecule has 0 aromatic rings. The fourth-order valence-electron chi connectivity index (χ4n) is 0.0609. The molecule has 0 amide bonds. The average molecular weight is 70.1 g/mol. The highest BCUT2D eigenvalue weighted by atomic mass is 14.7. The zero-order chi connectivity index (χ0) is 4.12. The van der Waals surface area contributed by atoms with Crippen molar-refractivity contribution in [2.45, 2.75) is 0 Å². The summed E-state index contributed by atoms with van der Waals surface area (Å²) in [4.78, 5) is 3.30. The fraction of sp³-hybridized carbons (Fsp3) is 0. The van der Waals surface area contributed by atoms with E-state index in [9.17, 15) is 0 Å². The second kappa shape index (κ2) is 3.21. The van der Waals surface area contributed by atoms with Crippen LogP contribution in [-0.4, -0.2) is 6.72 Å². The van der Waals surface area contributed by atoms with Gasteiger partial charge >= 0.3 is 0 Å². The van der Waals surface area contributed by atoms with Crippen LogP contribution in [0.3, 0.4) is 0 Å². The minimum atomic E-state index is 1.33. The first kappa shape index (κ1) is 4.21. The SMILES string of the molecule is C=N/C=C/N. The summed E-state index contributed by atoms with van der Waals surface area (Å²) >= 11 is 0. The Morgan fingerprint density at radius 1 is 1.80 bits per heavy atom. The molecule has 2 N–H and O–H groups in total. The first-order chi connectivity index (χ1) is 2.41. The van der Waals surface area contributed by atoms with E-state index in [1.165, 1.54) is 12.4 Å². The highest BCUT2D eigenvalue weighted by Gasteiger charge is 1.40. The lowest BCUT2D eigenvalue weighted by molar-refractivity contribution is 1.51. The Balaban J connectivity index is 2.92. The maximum absolute atomic E-state index is 4.82. The predicted octanol–water partition coefficient (Wildman–Crippen LogP) is 0.117. The van der Waals surface area contributed by atoms with Crippen LogP contribution in [0.25, 0.3) is 0 Å². The van der Waals surface area contributed by atoms with E-state index in [0.29, 0.717) is 0 Å². The lowest BCUT2D eigenvalue weighted by Crippen LogP contribution is -1.71.